The van der Waals surface area contributed by atoms with Gasteiger partial charge in [0.2, 0.25) is 0 Å². The van der Waals surface area contributed by atoms with Crippen molar-refractivity contribution in [2.45, 2.75) is 6.10 Å². The second-order valence-electron chi connectivity index (χ2n) is 1.02. The molecule has 0 aliphatic rings. The summed E-state index contributed by atoms with van der Waals surface area (Å²) in [6.07, 6.45) is -0.954. The molecule has 0 saturated heterocycles. The Morgan fingerprint density at radius 1 is 1.00 bits per heavy atom. The summed E-state index contributed by atoms with van der Waals surface area (Å²) < 4.78 is 0. The fourth-order valence-corrected chi connectivity index (χ4v) is 0.0577. The Hall–Kier alpha value is 0.740. The molecule has 2 atom stereocenters. The number of aliphatic hydroxyl groups excluding tert-OH is 3. The third kappa shape index (κ3) is 9.88. The van der Waals surface area contributed by atoms with E-state index < -0.39 is 6.10 Å². The first-order chi connectivity index (χ1) is 2.81. The molecule has 0 amide bonds. The van der Waals surface area contributed by atoms with Crippen LogP contribution in [0.5, 0.6) is 0 Å². The van der Waals surface area contributed by atoms with E-state index in [0.717, 1.165) is 0 Å². The zero-order chi connectivity index (χ0) is 4.99. The van der Waals surface area contributed by atoms with Crippen LogP contribution in [0.25, 0.3) is 0 Å². The molecule has 0 radical (unpaired) electrons. The van der Waals surface area contributed by atoms with E-state index in [1.807, 2.05) is 0 Å². The van der Waals surface area contributed by atoms with E-state index in [4.69, 9.17) is 15.3 Å². The van der Waals surface area contributed by atoms with Crippen LogP contribution in [0.1, 0.15) is 0 Å². The molecule has 2 unspecified atom stereocenters. The minimum absolute atomic E-state index is 0. The van der Waals surface area contributed by atoms with Crippen molar-refractivity contribution < 1.29 is 15.3 Å². The largest absolute Gasteiger partial charge is 0.394 e. The van der Waals surface area contributed by atoms with Crippen molar-refractivity contribution in [1.29, 1.82) is 0 Å². The SMILES string of the molecule is OCC(O)CO.P.P. The molecule has 0 rings (SSSR count). The zero-order valence-corrected chi connectivity index (χ0v) is 7.58. The van der Waals surface area contributed by atoms with Crippen molar-refractivity contribution in [3.05, 3.63) is 0 Å². The van der Waals surface area contributed by atoms with Gasteiger partial charge in [-0.1, -0.05) is 0 Å². The molecule has 5 heteroatoms. The Bertz CT molecular complexity index is 31.7. The van der Waals surface area contributed by atoms with Gasteiger partial charge in [-0.05, 0) is 0 Å². The van der Waals surface area contributed by atoms with Crippen molar-refractivity contribution in [1.82, 2.24) is 0 Å². The van der Waals surface area contributed by atoms with Crippen molar-refractivity contribution in [2.24, 2.45) is 0 Å². The summed E-state index contributed by atoms with van der Waals surface area (Å²) in [6, 6.07) is 0. The van der Waals surface area contributed by atoms with Crippen LogP contribution in [-0.2, 0) is 0 Å². The van der Waals surface area contributed by atoms with Crippen LogP contribution in [0, 0.1) is 0 Å². The molecule has 0 aromatic heterocycles. The first-order valence-electron chi connectivity index (χ1n) is 1.71. The molecule has 3 N–H and O–H groups in total. The topological polar surface area (TPSA) is 60.7 Å². The van der Waals surface area contributed by atoms with Crippen LogP contribution in [0.3, 0.4) is 0 Å². The fourth-order valence-electron chi connectivity index (χ4n) is 0.0577. The van der Waals surface area contributed by atoms with Gasteiger partial charge in [-0.3, -0.25) is 0 Å². The number of aliphatic hydroxyl groups is 3. The predicted molar refractivity (Wildman–Crippen MR) is 42.4 cm³/mol. The monoisotopic (exact) mass is 160 g/mol. The van der Waals surface area contributed by atoms with Gasteiger partial charge in [0.1, 0.15) is 6.10 Å². The molecule has 0 aromatic rings. The molecule has 0 heterocycles. The van der Waals surface area contributed by atoms with E-state index in [1.165, 1.54) is 0 Å². The second-order valence-corrected chi connectivity index (χ2v) is 1.02. The van der Waals surface area contributed by atoms with Gasteiger partial charge in [0.25, 0.3) is 0 Å². The van der Waals surface area contributed by atoms with Gasteiger partial charge in [-0.15, -0.1) is 0 Å². The van der Waals surface area contributed by atoms with Gasteiger partial charge < -0.3 is 15.3 Å². The van der Waals surface area contributed by atoms with Gasteiger partial charge in [0, 0.05) is 0 Å². The molecule has 0 saturated carbocycles. The van der Waals surface area contributed by atoms with Crippen molar-refractivity contribution >= 4 is 19.8 Å². The van der Waals surface area contributed by atoms with Gasteiger partial charge in [-0.25, -0.2) is 0 Å². The highest BCUT2D eigenvalue weighted by atomic mass is 31.0. The lowest BCUT2D eigenvalue weighted by Crippen LogP contribution is -2.15. The minimum Gasteiger partial charge on any atom is -0.394 e. The predicted octanol–water partition coefficient (Wildman–Crippen LogP) is -1.55. The Balaban J connectivity index is -0.000000125. The number of rotatable bonds is 2. The van der Waals surface area contributed by atoms with Crippen LogP contribution >= 0.6 is 19.8 Å². The van der Waals surface area contributed by atoms with Crippen molar-refractivity contribution in [3.63, 3.8) is 0 Å². The van der Waals surface area contributed by atoms with E-state index in [0.29, 0.717) is 0 Å². The van der Waals surface area contributed by atoms with E-state index in [2.05, 4.69) is 0 Å². The maximum Gasteiger partial charge on any atom is 0.100 e. The van der Waals surface area contributed by atoms with E-state index in [9.17, 15) is 0 Å². The molecule has 8 heavy (non-hydrogen) atoms. The lowest BCUT2D eigenvalue weighted by Gasteiger charge is -1.96. The Kier molecular flexibility index (Phi) is 21.2. The third-order valence-corrected chi connectivity index (χ3v) is 0.421. The summed E-state index contributed by atoms with van der Waals surface area (Å²) in [4.78, 5) is 0. The quantitative estimate of drug-likeness (QED) is 0.428. The van der Waals surface area contributed by atoms with Crippen LogP contribution in [0.2, 0.25) is 0 Å². The zero-order valence-electron chi connectivity index (χ0n) is 4.75. The highest BCUT2D eigenvalue weighted by Crippen LogP contribution is 1.71. The number of hydrogen-bond donors (Lipinski definition) is 3. The summed E-state index contributed by atoms with van der Waals surface area (Å²) in [5, 5.41) is 24.0. The summed E-state index contributed by atoms with van der Waals surface area (Å²) in [7, 11) is 0. The average molecular weight is 160 g/mol. The van der Waals surface area contributed by atoms with Crippen molar-refractivity contribution in [3.8, 4) is 0 Å². The van der Waals surface area contributed by atoms with E-state index in [-0.39, 0.29) is 33.0 Å². The van der Waals surface area contributed by atoms with E-state index >= 15 is 0 Å². The Morgan fingerprint density at radius 2 is 1.25 bits per heavy atom. The van der Waals surface area contributed by atoms with Crippen LogP contribution < -0.4 is 0 Å². The number of hydrogen-bond acceptors (Lipinski definition) is 3. The average Bonchev–Trinajstić information content (AvgIpc) is 1.65. The molecule has 0 fully saturated rings. The summed E-state index contributed by atoms with van der Waals surface area (Å²) >= 11 is 0. The Morgan fingerprint density at radius 3 is 1.25 bits per heavy atom. The normalized spacial score (nSPS) is 7.50. The maximum atomic E-state index is 8.17. The molecule has 0 aliphatic carbocycles. The summed E-state index contributed by atoms with van der Waals surface area (Å²) in [6.45, 7) is -0.729. The molecule has 0 aromatic carbocycles. The summed E-state index contributed by atoms with van der Waals surface area (Å²) in [5.74, 6) is 0. The second kappa shape index (κ2) is 10.7. The minimum atomic E-state index is -0.954. The van der Waals surface area contributed by atoms with Gasteiger partial charge >= 0.3 is 0 Å². The molecule has 54 valence electrons. The third-order valence-electron chi connectivity index (χ3n) is 0.421. The lowest BCUT2D eigenvalue weighted by atomic mass is 10.4. The van der Waals surface area contributed by atoms with Gasteiger partial charge in [0.05, 0.1) is 13.2 Å². The van der Waals surface area contributed by atoms with Gasteiger partial charge in [0.15, 0.2) is 0 Å². The standard InChI is InChI=1S/C3H8O3.2H3P/c4-1-3(6)2-5;;/h3-6H,1-2H2;2*1H3. The molecule has 3 nitrogen and oxygen atoms in total. The molecular weight excluding hydrogens is 146 g/mol. The first kappa shape index (κ1) is 15.9. The first-order valence-corrected chi connectivity index (χ1v) is 1.71. The fraction of sp³-hybridized carbons (Fsp3) is 1.00. The van der Waals surface area contributed by atoms with Crippen molar-refractivity contribution in [2.75, 3.05) is 13.2 Å². The highest BCUT2D eigenvalue weighted by molar-refractivity contribution is 6.92. The molecular formula is C3H14O3P2. The lowest BCUT2D eigenvalue weighted by molar-refractivity contribution is 0.0450. The molecule has 0 spiro atoms. The highest BCUT2D eigenvalue weighted by Gasteiger charge is 1.93. The molecule has 0 aliphatic heterocycles. The summed E-state index contributed by atoms with van der Waals surface area (Å²) in [5.41, 5.74) is 0. The van der Waals surface area contributed by atoms with Gasteiger partial charge in [-0.2, -0.15) is 19.8 Å². The van der Waals surface area contributed by atoms with Crippen LogP contribution in [0.4, 0.5) is 0 Å². The smallest absolute Gasteiger partial charge is 0.100 e. The van der Waals surface area contributed by atoms with E-state index in [1.54, 1.807) is 0 Å². The van der Waals surface area contributed by atoms with Crippen LogP contribution in [0.15, 0.2) is 0 Å². The Labute approximate surface area is 55.4 Å². The van der Waals surface area contributed by atoms with Crippen LogP contribution in [-0.4, -0.2) is 34.6 Å². The molecule has 0 bridgehead atoms. The maximum absolute atomic E-state index is 8.17.